The average Bonchev–Trinajstić information content (AvgIpc) is 2.74. The number of phenolic OH excluding ortho intramolecular Hbond substituents is 1. The molecule has 0 unspecified atom stereocenters. The van der Waals surface area contributed by atoms with E-state index in [2.05, 4.69) is 9.97 Å². The third kappa shape index (κ3) is 1.73. The molecule has 3 rings (SSSR count). The molecule has 2 N–H and O–H groups in total. The maximum absolute atomic E-state index is 9.42. The van der Waals surface area contributed by atoms with Crippen molar-refractivity contribution in [3.8, 4) is 17.1 Å². The van der Waals surface area contributed by atoms with Gasteiger partial charge in [0.25, 0.3) is 0 Å². The van der Waals surface area contributed by atoms with Gasteiger partial charge in [-0.3, -0.25) is 0 Å². The predicted octanol–water partition coefficient (Wildman–Crippen LogP) is 3.90. The van der Waals surface area contributed by atoms with E-state index in [0.29, 0.717) is 5.02 Å². The topological polar surface area (TPSA) is 48.9 Å². The molecule has 1 heterocycles. The number of hydrogen-bond donors (Lipinski definition) is 2. The molecule has 0 atom stereocenters. The number of aromatic nitrogens is 2. The van der Waals surface area contributed by atoms with Gasteiger partial charge in [-0.05, 0) is 42.8 Å². The molecule has 0 amide bonds. The molecular weight excluding hydrogens is 248 g/mol. The smallest absolute Gasteiger partial charge is 0.138 e. The van der Waals surface area contributed by atoms with Crippen molar-refractivity contribution in [2.75, 3.05) is 0 Å². The summed E-state index contributed by atoms with van der Waals surface area (Å²) >= 11 is 6.10. The highest BCUT2D eigenvalue weighted by atomic mass is 35.5. The zero-order valence-corrected chi connectivity index (χ0v) is 10.5. The van der Waals surface area contributed by atoms with Crippen molar-refractivity contribution in [2.45, 2.75) is 6.92 Å². The average molecular weight is 259 g/mol. The number of rotatable bonds is 1. The van der Waals surface area contributed by atoms with Crippen molar-refractivity contribution < 1.29 is 5.11 Å². The molecule has 0 saturated heterocycles. The van der Waals surface area contributed by atoms with Gasteiger partial charge in [-0.2, -0.15) is 0 Å². The number of para-hydroxylation sites is 1. The van der Waals surface area contributed by atoms with Crippen molar-refractivity contribution in [1.29, 1.82) is 0 Å². The van der Waals surface area contributed by atoms with Crippen molar-refractivity contribution in [1.82, 2.24) is 9.97 Å². The first-order valence-corrected chi connectivity index (χ1v) is 5.97. The maximum atomic E-state index is 9.42. The Bertz CT molecular complexity index is 734. The van der Waals surface area contributed by atoms with Gasteiger partial charge in [0.1, 0.15) is 17.1 Å². The molecule has 0 bridgehead atoms. The van der Waals surface area contributed by atoms with E-state index in [1.165, 1.54) is 0 Å². The van der Waals surface area contributed by atoms with Crippen LogP contribution in [0, 0.1) is 6.92 Å². The normalized spacial score (nSPS) is 11.0. The second-order valence-corrected chi connectivity index (χ2v) is 4.63. The van der Waals surface area contributed by atoms with Crippen LogP contribution in [0.5, 0.6) is 5.75 Å². The van der Waals surface area contributed by atoms with Crippen LogP contribution in [-0.2, 0) is 0 Å². The quantitative estimate of drug-likeness (QED) is 0.695. The second kappa shape index (κ2) is 4.03. The largest absolute Gasteiger partial charge is 0.508 e. The van der Waals surface area contributed by atoms with E-state index in [1.54, 1.807) is 12.1 Å². The number of H-pyrrole nitrogens is 1. The summed E-state index contributed by atoms with van der Waals surface area (Å²) in [6.45, 7) is 1.93. The Hall–Kier alpha value is -2.00. The SMILES string of the molecule is Cc1cc(O)ccc1-c1nc2c(Cl)cccc2[nH]1. The van der Waals surface area contributed by atoms with E-state index in [-0.39, 0.29) is 5.75 Å². The fraction of sp³-hybridized carbons (Fsp3) is 0.0714. The maximum Gasteiger partial charge on any atom is 0.138 e. The lowest BCUT2D eigenvalue weighted by molar-refractivity contribution is 0.475. The van der Waals surface area contributed by atoms with Gasteiger partial charge in [0.05, 0.1) is 10.5 Å². The summed E-state index contributed by atoms with van der Waals surface area (Å²) < 4.78 is 0. The first kappa shape index (κ1) is 11.1. The van der Waals surface area contributed by atoms with Crippen molar-refractivity contribution >= 4 is 22.6 Å². The third-order valence-electron chi connectivity index (χ3n) is 2.93. The Morgan fingerprint density at radius 3 is 2.78 bits per heavy atom. The number of aromatic hydroxyl groups is 1. The summed E-state index contributed by atoms with van der Waals surface area (Å²) in [7, 11) is 0. The molecule has 1 aromatic heterocycles. The Balaban J connectivity index is 2.23. The molecule has 3 aromatic rings. The van der Waals surface area contributed by atoms with Crippen LogP contribution in [-0.4, -0.2) is 15.1 Å². The monoisotopic (exact) mass is 258 g/mol. The van der Waals surface area contributed by atoms with E-state index in [4.69, 9.17) is 11.6 Å². The Morgan fingerprint density at radius 1 is 1.22 bits per heavy atom. The van der Waals surface area contributed by atoms with E-state index >= 15 is 0 Å². The lowest BCUT2D eigenvalue weighted by Gasteiger charge is -2.02. The second-order valence-electron chi connectivity index (χ2n) is 4.22. The number of hydrogen-bond acceptors (Lipinski definition) is 2. The molecule has 3 nitrogen and oxygen atoms in total. The predicted molar refractivity (Wildman–Crippen MR) is 72.9 cm³/mol. The lowest BCUT2D eigenvalue weighted by atomic mass is 10.1. The highest BCUT2D eigenvalue weighted by molar-refractivity contribution is 6.35. The number of benzene rings is 2. The summed E-state index contributed by atoms with van der Waals surface area (Å²) in [5.41, 5.74) is 3.59. The van der Waals surface area contributed by atoms with E-state index in [9.17, 15) is 5.11 Å². The molecule has 0 radical (unpaired) electrons. The Morgan fingerprint density at radius 2 is 2.06 bits per heavy atom. The number of imidazole rings is 1. The third-order valence-corrected chi connectivity index (χ3v) is 3.23. The van der Waals surface area contributed by atoms with Crippen molar-refractivity contribution in [2.24, 2.45) is 0 Å². The van der Waals surface area contributed by atoms with Gasteiger partial charge in [-0.1, -0.05) is 17.7 Å². The molecule has 0 aliphatic heterocycles. The minimum atomic E-state index is 0.255. The fourth-order valence-electron chi connectivity index (χ4n) is 2.04. The first-order chi connectivity index (χ1) is 8.65. The molecule has 4 heteroatoms. The van der Waals surface area contributed by atoms with Gasteiger partial charge in [0, 0.05) is 5.56 Å². The van der Waals surface area contributed by atoms with Crippen molar-refractivity contribution in [3.63, 3.8) is 0 Å². The minimum absolute atomic E-state index is 0.255. The van der Waals surface area contributed by atoms with Crippen LogP contribution in [0.25, 0.3) is 22.4 Å². The molecule has 2 aromatic carbocycles. The van der Waals surface area contributed by atoms with Crippen LogP contribution in [0.15, 0.2) is 36.4 Å². The summed E-state index contributed by atoms with van der Waals surface area (Å²) in [6, 6.07) is 10.8. The lowest BCUT2D eigenvalue weighted by Crippen LogP contribution is -1.84. The molecular formula is C14H11ClN2O. The first-order valence-electron chi connectivity index (χ1n) is 5.59. The van der Waals surface area contributed by atoms with Crippen LogP contribution in [0.4, 0.5) is 0 Å². The molecule has 0 spiro atoms. The van der Waals surface area contributed by atoms with Crippen molar-refractivity contribution in [3.05, 3.63) is 47.0 Å². The van der Waals surface area contributed by atoms with Gasteiger partial charge < -0.3 is 10.1 Å². The Kier molecular flexibility index (Phi) is 2.49. The number of fused-ring (bicyclic) bond motifs is 1. The van der Waals surface area contributed by atoms with Crippen LogP contribution in [0.1, 0.15) is 5.56 Å². The zero-order valence-electron chi connectivity index (χ0n) is 9.74. The van der Waals surface area contributed by atoms with Gasteiger partial charge >= 0.3 is 0 Å². The summed E-state index contributed by atoms with van der Waals surface area (Å²) in [6.07, 6.45) is 0. The number of nitrogens with one attached hydrogen (secondary N) is 1. The van der Waals surface area contributed by atoms with Crippen LogP contribution in [0.2, 0.25) is 5.02 Å². The summed E-state index contributed by atoms with van der Waals surface area (Å²) in [5, 5.41) is 10.0. The van der Waals surface area contributed by atoms with Crippen LogP contribution >= 0.6 is 11.6 Å². The minimum Gasteiger partial charge on any atom is -0.508 e. The van der Waals surface area contributed by atoms with Gasteiger partial charge in [-0.15, -0.1) is 0 Å². The summed E-state index contributed by atoms with van der Waals surface area (Å²) in [5.74, 6) is 1.01. The van der Waals surface area contributed by atoms with Gasteiger partial charge in [0.2, 0.25) is 0 Å². The standard InChI is InChI=1S/C14H11ClN2O/c1-8-7-9(18)5-6-10(8)14-16-12-4-2-3-11(15)13(12)17-14/h2-7,18H,1H3,(H,16,17). The summed E-state index contributed by atoms with van der Waals surface area (Å²) in [4.78, 5) is 7.74. The fourth-order valence-corrected chi connectivity index (χ4v) is 2.26. The molecule has 0 fully saturated rings. The molecule has 0 aliphatic carbocycles. The number of phenols is 1. The van der Waals surface area contributed by atoms with Gasteiger partial charge in [0.15, 0.2) is 0 Å². The van der Waals surface area contributed by atoms with Crippen LogP contribution < -0.4 is 0 Å². The number of aromatic amines is 1. The zero-order chi connectivity index (χ0) is 12.7. The molecule has 0 aliphatic rings. The molecule has 90 valence electrons. The Labute approximate surface area is 109 Å². The highest BCUT2D eigenvalue weighted by Gasteiger charge is 2.09. The molecule has 18 heavy (non-hydrogen) atoms. The van der Waals surface area contributed by atoms with E-state index in [0.717, 1.165) is 28.0 Å². The molecule has 0 saturated carbocycles. The highest BCUT2D eigenvalue weighted by Crippen LogP contribution is 2.28. The van der Waals surface area contributed by atoms with E-state index < -0.39 is 0 Å². The van der Waals surface area contributed by atoms with Gasteiger partial charge in [-0.25, -0.2) is 4.98 Å². The van der Waals surface area contributed by atoms with Crippen LogP contribution in [0.3, 0.4) is 0 Å². The van der Waals surface area contributed by atoms with E-state index in [1.807, 2.05) is 31.2 Å². The number of aryl methyl sites for hydroxylation is 1. The number of nitrogens with zero attached hydrogens (tertiary/aromatic N) is 1. The number of halogens is 1.